The van der Waals surface area contributed by atoms with Gasteiger partial charge in [-0.2, -0.15) is 0 Å². The number of nitrogens with one attached hydrogen (secondary N) is 1. The van der Waals surface area contributed by atoms with Crippen molar-refractivity contribution in [2.45, 2.75) is 19.9 Å². The van der Waals surface area contributed by atoms with E-state index in [9.17, 15) is 9.59 Å². The van der Waals surface area contributed by atoms with E-state index in [0.717, 1.165) is 12.0 Å². The maximum atomic E-state index is 12.8. The Balaban J connectivity index is 1.67. The number of benzene rings is 2. The highest BCUT2D eigenvalue weighted by Gasteiger charge is 2.14. The smallest absolute Gasteiger partial charge is 0.265 e. The van der Waals surface area contributed by atoms with Crippen LogP contribution in [-0.2, 0) is 13.0 Å². The second-order valence-corrected chi connectivity index (χ2v) is 7.29. The molecule has 0 fully saturated rings. The molecule has 0 spiro atoms. The Morgan fingerprint density at radius 2 is 1.74 bits per heavy atom. The van der Waals surface area contributed by atoms with Crippen LogP contribution in [0.2, 0.25) is 0 Å². The zero-order valence-corrected chi connectivity index (χ0v) is 16.3. The van der Waals surface area contributed by atoms with Crippen molar-refractivity contribution in [3.05, 3.63) is 87.6 Å². The number of carbonyl (C=O) groups is 2. The lowest BCUT2D eigenvalue weighted by Crippen LogP contribution is -2.26. The van der Waals surface area contributed by atoms with Crippen LogP contribution in [0.25, 0.3) is 0 Å². The van der Waals surface area contributed by atoms with E-state index in [0.29, 0.717) is 22.7 Å². The molecule has 1 aromatic heterocycles. The molecule has 27 heavy (non-hydrogen) atoms. The Kier molecular flexibility index (Phi) is 6.04. The second-order valence-electron chi connectivity index (χ2n) is 6.34. The fourth-order valence-electron chi connectivity index (χ4n) is 2.78. The minimum absolute atomic E-state index is 0.0817. The van der Waals surface area contributed by atoms with Crippen LogP contribution in [0.15, 0.2) is 66.0 Å². The van der Waals surface area contributed by atoms with E-state index in [1.165, 1.54) is 16.9 Å². The Bertz CT molecular complexity index is 918. The largest absolute Gasteiger partial charge is 0.337 e. The zero-order chi connectivity index (χ0) is 19.2. The standard InChI is InChI=1S/C22H22N2O2S/c1-3-16-9-11-17(12-10-16)15-24(2)22(26)18-6-4-7-19(14-18)23-21(25)20-8-5-13-27-20/h4-14H,3,15H2,1-2H3,(H,23,25). The quantitative estimate of drug-likeness (QED) is 0.667. The predicted octanol–water partition coefficient (Wildman–Crippen LogP) is 4.84. The first kappa shape index (κ1) is 18.9. The molecule has 0 saturated carbocycles. The maximum Gasteiger partial charge on any atom is 0.265 e. The highest BCUT2D eigenvalue weighted by molar-refractivity contribution is 7.12. The van der Waals surface area contributed by atoms with Gasteiger partial charge >= 0.3 is 0 Å². The Hall–Kier alpha value is -2.92. The maximum absolute atomic E-state index is 12.8. The molecule has 1 N–H and O–H groups in total. The summed E-state index contributed by atoms with van der Waals surface area (Å²) < 4.78 is 0. The van der Waals surface area contributed by atoms with Gasteiger partial charge in [0.2, 0.25) is 0 Å². The molecular weight excluding hydrogens is 356 g/mol. The average Bonchev–Trinajstić information content (AvgIpc) is 3.23. The number of thiophene rings is 1. The summed E-state index contributed by atoms with van der Waals surface area (Å²) in [4.78, 5) is 27.3. The fourth-order valence-corrected chi connectivity index (χ4v) is 3.40. The van der Waals surface area contributed by atoms with Gasteiger partial charge in [-0.3, -0.25) is 9.59 Å². The van der Waals surface area contributed by atoms with Crippen molar-refractivity contribution in [3.8, 4) is 0 Å². The normalized spacial score (nSPS) is 10.4. The third-order valence-electron chi connectivity index (χ3n) is 4.31. The first-order valence-electron chi connectivity index (χ1n) is 8.85. The van der Waals surface area contributed by atoms with Gasteiger partial charge in [0, 0.05) is 24.8 Å². The lowest BCUT2D eigenvalue weighted by molar-refractivity contribution is 0.0784. The van der Waals surface area contributed by atoms with Gasteiger partial charge < -0.3 is 10.2 Å². The zero-order valence-electron chi connectivity index (χ0n) is 15.4. The molecule has 3 aromatic rings. The summed E-state index contributed by atoms with van der Waals surface area (Å²) in [6, 6.07) is 18.9. The number of carbonyl (C=O) groups excluding carboxylic acids is 2. The van der Waals surface area contributed by atoms with Crippen LogP contribution < -0.4 is 5.32 Å². The Labute approximate surface area is 163 Å². The molecule has 138 valence electrons. The first-order chi connectivity index (χ1) is 13.1. The SMILES string of the molecule is CCc1ccc(CN(C)C(=O)c2cccc(NC(=O)c3cccs3)c2)cc1. The molecule has 4 nitrogen and oxygen atoms in total. The van der Waals surface area contributed by atoms with Crippen LogP contribution in [0.1, 0.15) is 38.1 Å². The molecule has 0 unspecified atom stereocenters. The van der Waals surface area contributed by atoms with Crippen LogP contribution in [0, 0.1) is 0 Å². The number of hydrogen-bond acceptors (Lipinski definition) is 3. The summed E-state index contributed by atoms with van der Waals surface area (Å²) in [5.74, 6) is -0.249. The van der Waals surface area contributed by atoms with Crippen LogP contribution in [0.4, 0.5) is 5.69 Å². The van der Waals surface area contributed by atoms with E-state index in [4.69, 9.17) is 0 Å². The van der Waals surface area contributed by atoms with E-state index in [-0.39, 0.29) is 11.8 Å². The molecule has 0 aliphatic carbocycles. The number of nitrogens with zero attached hydrogens (tertiary/aromatic N) is 1. The topological polar surface area (TPSA) is 49.4 Å². The highest BCUT2D eigenvalue weighted by Crippen LogP contribution is 2.17. The number of anilines is 1. The summed E-state index contributed by atoms with van der Waals surface area (Å²) in [5, 5.41) is 4.70. The van der Waals surface area contributed by atoms with E-state index < -0.39 is 0 Å². The summed E-state index contributed by atoms with van der Waals surface area (Å²) in [7, 11) is 1.78. The van der Waals surface area contributed by atoms with Crippen molar-refractivity contribution in [2.24, 2.45) is 0 Å². The van der Waals surface area contributed by atoms with Gasteiger partial charge in [-0.1, -0.05) is 43.3 Å². The molecule has 5 heteroatoms. The fraction of sp³-hybridized carbons (Fsp3) is 0.182. The minimum Gasteiger partial charge on any atom is -0.337 e. The van der Waals surface area contributed by atoms with Gasteiger partial charge in [-0.25, -0.2) is 0 Å². The molecule has 0 bridgehead atoms. The lowest BCUT2D eigenvalue weighted by Gasteiger charge is -2.18. The molecule has 1 heterocycles. The third-order valence-corrected chi connectivity index (χ3v) is 5.18. The van der Waals surface area contributed by atoms with Gasteiger partial charge in [0.05, 0.1) is 4.88 Å². The molecule has 0 aliphatic rings. The van der Waals surface area contributed by atoms with E-state index in [1.807, 2.05) is 11.4 Å². The van der Waals surface area contributed by atoms with Crippen molar-refractivity contribution in [3.63, 3.8) is 0 Å². The van der Waals surface area contributed by atoms with E-state index >= 15 is 0 Å². The van der Waals surface area contributed by atoms with Crippen LogP contribution in [0.5, 0.6) is 0 Å². The first-order valence-corrected chi connectivity index (χ1v) is 9.73. The molecule has 3 rings (SSSR count). The van der Waals surface area contributed by atoms with Crippen LogP contribution >= 0.6 is 11.3 Å². The molecule has 0 aliphatic heterocycles. The number of amides is 2. The summed E-state index contributed by atoms with van der Waals surface area (Å²) in [6.45, 7) is 2.66. The van der Waals surface area contributed by atoms with Gasteiger partial charge in [0.25, 0.3) is 11.8 Å². The number of aryl methyl sites for hydroxylation is 1. The molecule has 0 atom stereocenters. The molecule has 0 saturated heterocycles. The van der Waals surface area contributed by atoms with Gasteiger partial charge in [0.15, 0.2) is 0 Å². The second kappa shape index (κ2) is 8.64. The lowest BCUT2D eigenvalue weighted by atomic mass is 10.1. The van der Waals surface area contributed by atoms with Crippen molar-refractivity contribution in [1.82, 2.24) is 4.90 Å². The predicted molar refractivity (Wildman–Crippen MR) is 110 cm³/mol. The van der Waals surface area contributed by atoms with Gasteiger partial charge in [-0.05, 0) is 47.2 Å². The van der Waals surface area contributed by atoms with Crippen LogP contribution in [0.3, 0.4) is 0 Å². The number of hydrogen-bond donors (Lipinski definition) is 1. The Morgan fingerprint density at radius 1 is 1.00 bits per heavy atom. The highest BCUT2D eigenvalue weighted by atomic mass is 32.1. The van der Waals surface area contributed by atoms with Crippen molar-refractivity contribution in [2.75, 3.05) is 12.4 Å². The molecule has 2 amide bonds. The van der Waals surface area contributed by atoms with E-state index in [2.05, 4.69) is 36.5 Å². The minimum atomic E-state index is -0.168. The summed E-state index contributed by atoms with van der Waals surface area (Å²) >= 11 is 1.38. The van der Waals surface area contributed by atoms with Crippen LogP contribution in [-0.4, -0.2) is 23.8 Å². The van der Waals surface area contributed by atoms with Gasteiger partial charge in [0.1, 0.15) is 0 Å². The third kappa shape index (κ3) is 4.83. The molecule has 2 aromatic carbocycles. The van der Waals surface area contributed by atoms with Crippen molar-refractivity contribution >= 4 is 28.8 Å². The average molecular weight is 378 g/mol. The summed E-state index contributed by atoms with van der Waals surface area (Å²) in [6.07, 6.45) is 0.999. The Morgan fingerprint density at radius 3 is 2.41 bits per heavy atom. The van der Waals surface area contributed by atoms with E-state index in [1.54, 1.807) is 42.3 Å². The molecular formula is C22H22N2O2S. The van der Waals surface area contributed by atoms with Crippen molar-refractivity contribution in [1.29, 1.82) is 0 Å². The summed E-state index contributed by atoms with van der Waals surface area (Å²) in [5.41, 5.74) is 3.53. The monoisotopic (exact) mass is 378 g/mol. The van der Waals surface area contributed by atoms with Crippen molar-refractivity contribution < 1.29 is 9.59 Å². The molecule has 0 radical (unpaired) electrons. The number of rotatable bonds is 6. The van der Waals surface area contributed by atoms with Gasteiger partial charge in [-0.15, -0.1) is 11.3 Å².